The molecule has 164 valence electrons. The monoisotopic (exact) mass is 423 g/mol. The first kappa shape index (κ1) is 20.3. The van der Waals surface area contributed by atoms with Gasteiger partial charge in [0.15, 0.2) is 0 Å². The Morgan fingerprint density at radius 3 is 2.65 bits per heavy atom. The van der Waals surface area contributed by atoms with Crippen molar-refractivity contribution in [3.05, 3.63) is 53.3 Å². The molecular weight excluding hydrogens is 393 g/mol. The molecule has 5 rings (SSSR count). The van der Waals surface area contributed by atoms with E-state index in [1.165, 1.54) is 18.9 Å². The van der Waals surface area contributed by atoms with Crippen LogP contribution in [0.15, 0.2) is 36.4 Å². The van der Waals surface area contributed by atoms with Crippen LogP contribution in [0.4, 0.5) is 15.8 Å². The molecule has 0 radical (unpaired) electrons. The first-order chi connectivity index (χ1) is 15.0. The van der Waals surface area contributed by atoms with E-state index in [0.717, 1.165) is 43.9 Å². The summed E-state index contributed by atoms with van der Waals surface area (Å²) in [7, 11) is 4.13. The second-order valence-electron chi connectivity index (χ2n) is 9.27. The Morgan fingerprint density at radius 1 is 1.10 bits per heavy atom. The lowest BCUT2D eigenvalue weighted by Crippen LogP contribution is -2.37. The van der Waals surface area contributed by atoms with Crippen molar-refractivity contribution in [2.24, 2.45) is 5.92 Å². The standard InChI is InChI=1S/C25H30FN3O2/c1-27(2)20-10-11-28(15-20)24-8-5-19(14-23(24)26)29-12-9-18-13-21(31-16-17-3-4-17)6-7-22(18)25(29)30/h5-8,13-14,17,20H,3-4,9-12,15-16H2,1-2H3/t20-/m1/s1. The van der Waals surface area contributed by atoms with Gasteiger partial charge in [-0.2, -0.15) is 0 Å². The number of halogens is 1. The number of anilines is 2. The van der Waals surface area contributed by atoms with Crippen molar-refractivity contribution in [2.75, 3.05) is 50.1 Å². The van der Waals surface area contributed by atoms with Gasteiger partial charge in [0, 0.05) is 36.9 Å². The Kier molecular flexibility index (Phi) is 5.34. The molecule has 2 aromatic carbocycles. The summed E-state index contributed by atoms with van der Waals surface area (Å²) in [6.07, 6.45) is 4.27. The largest absolute Gasteiger partial charge is 0.493 e. The topological polar surface area (TPSA) is 36.0 Å². The number of rotatable bonds is 6. The maximum absolute atomic E-state index is 15.0. The molecule has 2 aliphatic heterocycles. The molecule has 1 saturated heterocycles. The second kappa shape index (κ2) is 8.15. The van der Waals surface area contributed by atoms with Gasteiger partial charge in [-0.3, -0.25) is 4.79 Å². The zero-order valence-corrected chi connectivity index (χ0v) is 18.3. The second-order valence-corrected chi connectivity index (χ2v) is 9.27. The lowest BCUT2D eigenvalue weighted by Gasteiger charge is -2.30. The van der Waals surface area contributed by atoms with E-state index in [4.69, 9.17) is 4.74 Å². The number of benzene rings is 2. The van der Waals surface area contributed by atoms with Crippen LogP contribution in [-0.2, 0) is 6.42 Å². The zero-order valence-electron chi connectivity index (χ0n) is 18.3. The van der Waals surface area contributed by atoms with Crippen molar-refractivity contribution in [2.45, 2.75) is 31.7 Å². The molecule has 1 saturated carbocycles. The van der Waals surface area contributed by atoms with E-state index in [2.05, 4.69) is 23.9 Å². The fraction of sp³-hybridized carbons (Fsp3) is 0.480. The number of carbonyl (C=O) groups is 1. The summed E-state index contributed by atoms with van der Waals surface area (Å²) in [5.41, 5.74) is 2.94. The van der Waals surface area contributed by atoms with Crippen LogP contribution in [0.25, 0.3) is 0 Å². The molecule has 0 spiro atoms. The lowest BCUT2D eigenvalue weighted by atomic mass is 9.98. The van der Waals surface area contributed by atoms with Crippen molar-refractivity contribution < 1.29 is 13.9 Å². The van der Waals surface area contributed by atoms with Crippen molar-refractivity contribution in [1.29, 1.82) is 0 Å². The predicted molar refractivity (Wildman–Crippen MR) is 121 cm³/mol. The summed E-state index contributed by atoms with van der Waals surface area (Å²) in [6.45, 7) is 2.98. The van der Waals surface area contributed by atoms with E-state index < -0.39 is 0 Å². The normalized spacial score (nSPS) is 21.0. The Bertz CT molecular complexity index is 989. The first-order valence-electron chi connectivity index (χ1n) is 11.3. The lowest BCUT2D eigenvalue weighted by molar-refractivity contribution is 0.0980. The Morgan fingerprint density at radius 2 is 1.94 bits per heavy atom. The molecule has 0 unspecified atom stereocenters. The molecule has 1 amide bonds. The number of fused-ring (bicyclic) bond motifs is 1. The Hall–Kier alpha value is -2.60. The average Bonchev–Trinajstić information content (AvgIpc) is 3.46. The van der Waals surface area contributed by atoms with Crippen LogP contribution in [-0.4, -0.2) is 57.2 Å². The van der Waals surface area contributed by atoms with Gasteiger partial charge in [-0.15, -0.1) is 0 Å². The highest BCUT2D eigenvalue weighted by molar-refractivity contribution is 6.08. The minimum atomic E-state index is -0.265. The number of nitrogens with zero attached hydrogens (tertiary/aromatic N) is 3. The summed E-state index contributed by atoms with van der Waals surface area (Å²) in [6, 6.07) is 11.4. The third kappa shape index (κ3) is 4.13. The Balaban J connectivity index is 1.31. The molecule has 2 aromatic rings. The first-order valence-corrected chi connectivity index (χ1v) is 11.3. The van der Waals surface area contributed by atoms with Gasteiger partial charge in [-0.1, -0.05) is 0 Å². The number of likely N-dealkylation sites (N-methyl/N-ethyl adjacent to an activating group) is 1. The third-order valence-electron chi connectivity index (χ3n) is 6.82. The third-order valence-corrected chi connectivity index (χ3v) is 6.82. The van der Waals surface area contributed by atoms with Crippen LogP contribution in [0.3, 0.4) is 0 Å². The van der Waals surface area contributed by atoms with Crippen LogP contribution in [0.5, 0.6) is 5.75 Å². The molecule has 5 nitrogen and oxygen atoms in total. The number of hydrogen-bond donors (Lipinski definition) is 0. The van der Waals surface area contributed by atoms with E-state index in [1.54, 1.807) is 4.90 Å². The highest BCUT2D eigenvalue weighted by Crippen LogP contribution is 2.33. The minimum absolute atomic E-state index is 0.0732. The van der Waals surface area contributed by atoms with Gasteiger partial charge < -0.3 is 19.4 Å². The smallest absolute Gasteiger partial charge is 0.258 e. The molecule has 0 N–H and O–H groups in total. The van der Waals surface area contributed by atoms with Crippen molar-refractivity contribution in [1.82, 2.24) is 4.90 Å². The van der Waals surface area contributed by atoms with Gasteiger partial charge >= 0.3 is 0 Å². The fourth-order valence-electron chi connectivity index (χ4n) is 4.60. The SMILES string of the molecule is CN(C)[C@@H]1CCN(c2ccc(N3CCc4cc(OCC5CC5)ccc4C3=O)cc2F)C1. The van der Waals surface area contributed by atoms with Crippen LogP contribution < -0.4 is 14.5 Å². The van der Waals surface area contributed by atoms with Crippen molar-refractivity contribution in [3.63, 3.8) is 0 Å². The van der Waals surface area contributed by atoms with Crippen LogP contribution in [0.1, 0.15) is 35.2 Å². The highest BCUT2D eigenvalue weighted by atomic mass is 19.1. The van der Waals surface area contributed by atoms with E-state index in [-0.39, 0.29) is 11.7 Å². The number of amides is 1. The van der Waals surface area contributed by atoms with E-state index in [0.29, 0.717) is 35.4 Å². The average molecular weight is 424 g/mol. The highest BCUT2D eigenvalue weighted by Gasteiger charge is 2.29. The van der Waals surface area contributed by atoms with Crippen LogP contribution in [0, 0.1) is 11.7 Å². The van der Waals surface area contributed by atoms with Gasteiger partial charge in [0.25, 0.3) is 5.91 Å². The molecule has 1 aliphatic carbocycles. The maximum atomic E-state index is 15.0. The quantitative estimate of drug-likeness (QED) is 0.705. The summed E-state index contributed by atoms with van der Waals surface area (Å²) < 4.78 is 20.9. The zero-order chi connectivity index (χ0) is 21.5. The maximum Gasteiger partial charge on any atom is 0.258 e. The molecular formula is C25H30FN3O2. The van der Waals surface area contributed by atoms with Gasteiger partial charge in [0.1, 0.15) is 11.6 Å². The molecule has 31 heavy (non-hydrogen) atoms. The van der Waals surface area contributed by atoms with Gasteiger partial charge in [-0.25, -0.2) is 4.39 Å². The molecule has 2 fully saturated rings. The molecule has 3 aliphatic rings. The summed E-state index contributed by atoms with van der Waals surface area (Å²) in [5.74, 6) is 1.19. The van der Waals surface area contributed by atoms with Gasteiger partial charge in [0.2, 0.25) is 0 Å². The number of ether oxygens (including phenoxy) is 1. The molecule has 2 heterocycles. The van der Waals surface area contributed by atoms with E-state index in [1.807, 2.05) is 30.3 Å². The summed E-state index contributed by atoms with van der Waals surface area (Å²) in [4.78, 5) is 19.1. The van der Waals surface area contributed by atoms with Crippen LogP contribution >= 0.6 is 0 Å². The fourth-order valence-corrected chi connectivity index (χ4v) is 4.60. The molecule has 6 heteroatoms. The van der Waals surface area contributed by atoms with E-state index >= 15 is 4.39 Å². The summed E-state index contributed by atoms with van der Waals surface area (Å²) in [5, 5.41) is 0. The molecule has 1 atom stereocenters. The Labute approximate surface area is 183 Å². The number of carbonyl (C=O) groups excluding carboxylic acids is 1. The van der Waals surface area contributed by atoms with Gasteiger partial charge in [-0.05, 0) is 87.7 Å². The van der Waals surface area contributed by atoms with Crippen LogP contribution in [0.2, 0.25) is 0 Å². The van der Waals surface area contributed by atoms with E-state index in [9.17, 15) is 4.79 Å². The number of hydrogen-bond acceptors (Lipinski definition) is 4. The van der Waals surface area contributed by atoms with Gasteiger partial charge in [0.05, 0.1) is 12.3 Å². The summed E-state index contributed by atoms with van der Waals surface area (Å²) >= 11 is 0. The van der Waals surface area contributed by atoms with Crippen molar-refractivity contribution in [3.8, 4) is 5.75 Å². The molecule has 0 bridgehead atoms. The van der Waals surface area contributed by atoms with Crippen molar-refractivity contribution >= 4 is 17.3 Å². The predicted octanol–water partition coefficient (Wildman–Crippen LogP) is 3.96. The minimum Gasteiger partial charge on any atom is -0.493 e. The molecule has 0 aromatic heterocycles.